The average molecular weight is 344 g/mol. The number of ether oxygens (including phenoxy) is 3. The lowest BCUT2D eigenvalue weighted by Crippen LogP contribution is -2.22. The molecule has 0 spiro atoms. The Morgan fingerprint density at radius 3 is 2.32 bits per heavy atom. The van der Waals surface area contributed by atoms with Crippen LogP contribution in [-0.4, -0.2) is 30.5 Å². The molecule has 2 rings (SSSR count). The standard InChI is InChI=1S/C20H24O5/c1-5-6-14-7-10-17(19(11-14)24-4)25-13(2)20(22)15-8-9-16(21)18(12-15)23-3/h5-13,20-22H,1-4H3/t13-,20-/m1/s1. The Bertz CT molecular complexity index is 739. The molecule has 0 bridgehead atoms. The third-order valence-electron chi connectivity index (χ3n) is 3.85. The van der Waals surface area contributed by atoms with Crippen molar-refractivity contribution >= 4 is 6.08 Å². The summed E-state index contributed by atoms with van der Waals surface area (Å²) in [4.78, 5) is 0. The van der Waals surface area contributed by atoms with Crippen molar-refractivity contribution in [1.82, 2.24) is 0 Å². The lowest BCUT2D eigenvalue weighted by atomic mass is 10.0. The van der Waals surface area contributed by atoms with Crippen LogP contribution in [0.15, 0.2) is 42.5 Å². The number of allylic oxidation sites excluding steroid dienone is 1. The Balaban J connectivity index is 2.19. The van der Waals surface area contributed by atoms with Crippen molar-refractivity contribution in [3.05, 3.63) is 53.6 Å². The molecular weight excluding hydrogens is 320 g/mol. The molecule has 2 N–H and O–H groups in total. The van der Waals surface area contributed by atoms with Crippen molar-refractivity contribution in [2.75, 3.05) is 14.2 Å². The lowest BCUT2D eigenvalue weighted by Gasteiger charge is -2.22. The van der Waals surface area contributed by atoms with Crippen LogP contribution in [0.25, 0.3) is 6.08 Å². The summed E-state index contributed by atoms with van der Waals surface area (Å²) in [7, 11) is 3.04. The molecule has 0 saturated carbocycles. The highest BCUT2D eigenvalue weighted by atomic mass is 16.5. The van der Waals surface area contributed by atoms with Crippen LogP contribution in [0.5, 0.6) is 23.0 Å². The molecule has 5 heteroatoms. The van der Waals surface area contributed by atoms with E-state index in [0.29, 0.717) is 22.8 Å². The topological polar surface area (TPSA) is 68.2 Å². The van der Waals surface area contributed by atoms with Crippen molar-refractivity contribution < 1.29 is 24.4 Å². The third-order valence-corrected chi connectivity index (χ3v) is 3.85. The highest BCUT2D eigenvalue weighted by Gasteiger charge is 2.21. The minimum Gasteiger partial charge on any atom is -0.504 e. The molecule has 5 nitrogen and oxygen atoms in total. The van der Waals surface area contributed by atoms with E-state index in [1.54, 1.807) is 26.2 Å². The van der Waals surface area contributed by atoms with E-state index in [0.717, 1.165) is 5.56 Å². The molecule has 0 heterocycles. The first-order valence-corrected chi connectivity index (χ1v) is 8.02. The van der Waals surface area contributed by atoms with Gasteiger partial charge in [0.25, 0.3) is 0 Å². The van der Waals surface area contributed by atoms with Gasteiger partial charge < -0.3 is 24.4 Å². The van der Waals surface area contributed by atoms with Gasteiger partial charge in [-0.1, -0.05) is 24.3 Å². The van der Waals surface area contributed by atoms with Gasteiger partial charge in [0.2, 0.25) is 0 Å². The number of aliphatic hydroxyl groups excluding tert-OH is 1. The van der Waals surface area contributed by atoms with Crippen molar-refractivity contribution in [2.24, 2.45) is 0 Å². The van der Waals surface area contributed by atoms with E-state index in [1.165, 1.54) is 13.2 Å². The minimum atomic E-state index is -0.894. The number of phenols is 1. The zero-order valence-electron chi connectivity index (χ0n) is 14.9. The summed E-state index contributed by atoms with van der Waals surface area (Å²) >= 11 is 0. The van der Waals surface area contributed by atoms with Crippen molar-refractivity contribution in [1.29, 1.82) is 0 Å². The second-order valence-electron chi connectivity index (χ2n) is 5.61. The first-order valence-electron chi connectivity index (χ1n) is 8.02. The highest BCUT2D eigenvalue weighted by Crippen LogP contribution is 2.34. The van der Waals surface area contributed by atoms with Gasteiger partial charge in [-0.3, -0.25) is 0 Å². The number of aliphatic hydroxyl groups is 1. The maximum absolute atomic E-state index is 10.5. The molecule has 2 aromatic carbocycles. The molecular formula is C20H24O5. The Kier molecular flexibility index (Phi) is 6.31. The van der Waals surface area contributed by atoms with Crippen LogP contribution >= 0.6 is 0 Å². The van der Waals surface area contributed by atoms with Crippen LogP contribution in [0.3, 0.4) is 0 Å². The molecule has 0 fully saturated rings. The van der Waals surface area contributed by atoms with E-state index in [9.17, 15) is 10.2 Å². The van der Waals surface area contributed by atoms with Gasteiger partial charge in [-0.2, -0.15) is 0 Å². The third kappa shape index (κ3) is 4.45. The zero-order chi connectivity index (χ0) is 18.4. The van der Waals surface area contributed by atoms with Crippen molar-refractivity contribution in [3.63, 3.8) is 0 Å². The number of hydrogen-bond acceptors (Lipinski definition) is 5. The van der Waals surface area contributed by atoms with Crippen molar-refractivity contribution in [2.45, 2.75) is 26.1 Å². The second-order valence-corrected chi connectivity index (χ2v) is 5.61. The Morgan fingerprint density at radius 1 is 0.960 bits per heavy atom. The first-order chi connectivity index (χ1) is 12.0. The van der Waals surface area contributed by atoms with Gasteiger partial charge in [0, 0.05) is 0 Å². The average Bonchev–Trinajstić information content (AvgIpc) is 2.62. The molecule has 2 atom stereocenters. The second kappa shape index (κ2) is 8.44. The summed E-state index contributed by atoms with van der Waals surface area (Å²) in [6.45, 7) is 3.71. The van der Waals surface area contributed by atoms with Gasteiger partial charge in [-0.15, -0.1) is 0 Å². The highest BCUT2D eigenvalue weighted by molar-refractivity contribution is 5.55. The summed E-state index contributed by atoms with van der Waals surface area (Å²) in [5, 5.41) is 20.2. The maximum atomic E-state index is 10.5. The molecule has 0 aliphatic heterocycles. The SMILES string of the molecule is CC=Cc1ccc(O[C@H](C)[C@@H](O)c2ccc(O)c(OC)c2)c(OC)c1. The zero-order valence-corrected chi connectivity index (χ0v) is 14.9. The molecule has 0 aliphatic rings. The molecule has 0 aromatic heterocycles. The predicted molar refractivity (Wildman–Crippen MR) is 97.4 cm³/mol. The number of benzene rings is 2. The van der Waals surface area contributed by atoms with Crippen LogP contribution in [0.1, 0.15) is 31.1 Å². The maximum Gasteiger partial charge on any atom is 0.161 e. The normalized spacial score (nSPS) is 13.5. The Morgan fingerprint density at radius 2 is 1.68 bits per heavy atom. The number of rotatable bonds is 7. The van der Waals surface area contributed by atoms with Gasteiger partial charge in [-0.25, -0.2) is 0 Å². The van der Waals surface area contributed by atoms with Gasteiger partial charge in [0.1, 0.15) is 12.2 Å². The monoisotopic (exact) mass is 344 g/mol. The van der Waals surface area contributed by atoms with Gasteiger partial charge >= 0.3 is 0 Å². The number of methoxy groups -OCH3 is 2. The fraction of sp³-hybridized carbons (Fsp3) is 0.300. The smallest absolute Gasteiger partial charge is 0.161 e. The van der Waals surface area contributed by atoms with E-state index in [2.05, 4.69) is 0 Å². The van der Waals surface area contributed by atoms with E-state index in [1.807, 2.05) is 37.3 Å². The molecule has 2 aromatic rings. The molecule has 25 heavy (non-hydrogen) atoms. The fourth-order valence-corrected chi connectivity index (χ4v) is 2.49. The van der Waals surface area contributed by atoms with E-state index < -0.39 is 12.2 Å². The summed E-state index contributed by atoms with van der Waals surface area (Å²) in [6.07, 6.45) is 2.48. The minimum absolute atomic E-state index is 0.0215. The summed E-state index contributed by atoms with van der Waals surface area (Å²) in [6, 6.07) is 10.3. The van der Waals surface area contributed by atoms with Crippen LogP contribution in [0.4, 0.5) is 0 Å². The van der Waals surface area contributed by atoms with Crippen LogP contribution in [0.2, 0.25) is 0 Å². The molecule has 134 valence electrons. The molecule has 0 saturated heterocycles. The van der Waals surface area contributed by atoms with Gasteiger partial charge in [0.15, 0.2) is 23.0 Å². The molecule has 0 radical (unpaired) electrons. The van der Waals surface area contributed by atoms with E-state index in [4.69, 9.17) is 14.2 Å². The van der Waals surface area contributed by atoms with Crippen LogP contribution in [0, 0.1) is 0 Å². The Labute approximate surface area is 148 Å². The number of phenolic OH excluding ortho intramolecular Hbond substituents is 1. The lowest BCUT2D eigenvalue weighted by molar-refractivity contribution is 0.0450. The van der Waals surface area contributed by atoms with Gasteiger partial charge in [-0.05, 0) is 49.2 Å². The molecule has 0 aliphatic carbocycles. The Hall–Kier alpha value is -2.66. The quantitative estimate of drug-likeness (QED) is 0.796. The van der Waals surface area contributed by atoms with Crippen molar-refractivity contribution in [3.8, 4) is 23.0 Å². The molecule has 0 amide bonds. The van der Waals surface area contributed by atoms with Crippen LogP contribution < -0.4 is 14.2 Å². The van der Waals surface area contributed by atoms with Gasteiger partial charge in [0.05, 0.1) is 14.2 Å². The van der Waals surface area contributed by atoms with Crippen LogP contribution in [-0.2, 0) is 0 Å². The molecule has 0 unspecified atom stereocenters. The van der Waals surface area contributed by atoms with E-state index in [-0.39, 0.29) is 5.75 Å². The number of hydrogen-bond donors (Lipinski definition) is 2. The largest absolute Gasteiger partial charge is 0.504 e. The predicted octanol–water partition coefficient (Wildman–Crippen LogP) is 3.94. The fourth-order valence-electron chi connectivity index (χ4n) is 2.49. The summed E-state index contributed by atoms with van der Waals surface area (Å²) < 4.78 is 16.3. The summed E-state index contributed by atoms with van der Waals surface area (Å²) in [5.74, 6) is 1.47. The first kappa shape index (κ1) is 18.7. The van der Waals surface area contributed by atoms with E-state index >= 15 is 0 Å². The summed E-state index contributed by atoms with van der Waals surface area (Å²) in [5.41, 5.74) is 1.59. The number of aromatic hydroxyl groups is 1.